The summed E-state index contributed by atoms with van der Waals surface area (Å²) < 4.78 is 10.8. The fraction of sp³-hybridized carbons (Fsp3) is 0.269. The molecule has 1 aromatic heterocycles. The first-order valence-electron chi connectivity index (χ1n) is 11.2. The predicted octanol–water partition coefficient (Wildman–Crippen LogP) is 4.13. The van der Waals surface area contributed by atoms with E-state index >= 15 is 0 Å². The lowest BCUT2D eigenvalue weighted by Crippen LogP contribution is -2.47. The minimum atomic E-state index is -0.885. The van der Waals surface area contributed by atoms with E-state index in [4.69, 9.17) is 9.47 Å². The molecule has 35 heavy (non-hydrogen) atoms. The van der Waals surface area contributed by atoms with Gasteiger partial charge in [-0.25, -0.2) is 4.79 Å². The molecule has 0 spiro atoms. The quantitative estimate of drug-likeness (QED) is 0.437. The van der Waals surface area contributed by atoms with Crippen molar-refractivity contribution in [1.29, 1.82) is 0 Å². The van der Waals surface area contributed by atoms with Crippen LogP contribution in [0.3, 0.4) is 0 Å². The summed E-state index contributed by atoms with van der Waals surface area (Å²) in [7, 11) is 1.55. The van der Waals surface area contributed by atoms with Gasteiger partial charge in [0, 0.05) is 19.3 Å². The highest BCUT2D eigenvalue weighted by atomic mass is 32.1. The number of carbonyl (C=O) groups is 3. The van der Waals surface area contributed by atoms with Crippen LogP contribution in [0.2, 0.25) is 0 Å². The van der Waals surface area contributed by atoms with Gasteiger partial charge in [0.1, 0.15) is 0 Å². The van der Waals surface area contributed by atoms with Crippen molar-refractivity contribution in [2.75, 3.05) is 25.6 Å². The first-order chi connectivity index (χ1) is 17.0. The lowest BCUT2D eigenvalue weighted by Gasteiger charge is -2.24. The first kappa shape index (κ1) is 24.4. The zero-order valence-electron chi connectivity index (χ0n) is 19.5. The van der Waals surface area contributed by atoms with Gasteiger partial charge in [0.2, 0.25) is 5.91 Å². The second-order valence-electron chi connectivity index (χ2n) is 8.20. The summed E-state index contributed by atoms with van der Waals surface area (Å²) in [6.45, 7) is 2.87. The van der Waals surface area contributed by atoms with Crippen LogP contribution in [0.1, 0.15) is 32.5 Å². The minimum absolute atomic E-state index is 0.226. The molecule has 2 N–H and O–H groups in total. The van der Waals surface area contributed by atoms with E-state index in [1.54, 1.807) is 37.4 Å². The summed E-state index contributed by atoms with van der Waals surface area (Å²) in [5.74, 6) is -0.562. The number of ether oxygens (including phenoxy) is 2. The molecule has 1 aliphatic rings. The van der Waals surface area contributed by atoms with E-state index < -0.39 is 18.2 Å². The van der Waals surface area contributed by atoms with Crippen molar-refractivity contribution in [3.05, 3.63) is 87.6 Å². The van der Waals surface area contributed by atoms with Crippen molar-refractivity contribution >= 4 is 34.9 Å². The maximum Gasteiger partial charge on any atom is 0.411 e. The van der Waals surface area contributed by atoms with Crippen molar-refractivity contribution in [2.24, 2.45) is 0 Å². The second-order valence-corrected chi connectivity index (χ2v) is 9.15. The molecule has 8 nitrogen and oxygen atoms in total. The largest absolute Gasteiger partial charge is 0.438 e. The molecule has 0 aliphatic carbocycles. The van der Waals surface area contributed by atoms with Crippen molar-refractivity contribution < 1.29 is 23.9 Å². The smallest absolute Gasteiger partial charge is 0.411 e. The van der Waals surface area contributed by atoms with Crippen molar-refractivity contribution in [3.63, 3.8) is 0 Å². The number of hydrogen-bond acceptors (Lipinski definition) is 6. The molecule has 2 atom stereocenters. The van der Waals surface area contributed by atoms with Crippen LogP contribution in [0.25, 0.3) is 0 Å². The number of hydrogen-bond donors (Lipinski definition) is 2. The standard InChI is InChI=1S/C26H27N3O5S/c1-17-8-10-18(11-9-17)16-29-22(25(31)27-12-13-33-2)23(34-26(29)32)19-5-3-6-20(15-19)28-24(30)21-7-4-14-35-21/h3-11,14-15,22-23H,12-13,16H2,1-2H3,(H,27,31)(H,28,30)/t22-,23-/m0/s1. The van der Waals surface area contributed by atoms with Crippen LogP contribution in [-0.4, -0.2) is 49.1 Å². The Morgan fingerprint density at radius 3 is 2.63 bits per heavy atom. The average molecular weight is 494 g/mol. The van der Waals surface area contributed by atoms with E-state index in [0.717, 1.165) is 11.1 Å². The van der Waals surface area contributed by atoms with Gasteiger partial charge in [0.25, 0.3) is 5.91 Å². The lowest BCUT2D eigenvalue weighted by molar-refractivity contribution is -0.126. The molecule has 1 aliphatic heterocycles. The Morgan fingerprint density at radius 2 is 1.91 bits per heavy atom. The zero-order valence-corrected chi connectivity index (χ0v) is 20.3. The Balaban J connectivity index is 1.59. The molecular weight excluding hydrogens is 466 g/mol. The summed E-state index contributed by atoms with van der Waals surface area (Å²) in [4.78, 5) is 40.6. The fourth-order valence-corrected chi connectivity index (χ4v) is 4.49. The number of carbonyl (C=O) groups excluding carboxylic acids is 3. The molecule has 3 amide bonds. The molecule has 2 heterocycles. The monoisotopic (exact) mass is 493 g/mol. The number of aryl methyl sites for hydroxylation is 1. The van der Waals surface area contributed by atoms with Crippen molar-refractivity contribution in [3.8, 4) is 0 Å². The van der Waals surface area contributed by atoms with Gasteiger partial charge >= 0.3 is 6.09 Å². The number of rotatable bonds is 9. The van der Waals surface area contributed by atoms with Gasteiger partial charge in [0.15, 0.2) is 12.1 Å². The van der Waals surface area contributed by atoms with E-state index in [9.17, 15) is 14.4 Å². The Labute approximate surface area is 207 Å². The normalized spacial score (nSPS) is 17.2. The van der Waals surface area contributed by atoms with Crippen LogP contribution < -0.4 is 10.6 Å². The van der Waals surface area contributed by atoms with Crippen LogP contribution >= 0.6 is 11.3 Å². The van der Waals surface area contributed by atoms with Crippen LogP contribution in [0.15, 0.2) is 66.0 Å². The number of amides is 3. The van der Waals surface area contributed by atoms with Gasteiger partial charge in [-0.2, -0.15) is 0 Å². The molecule has 3 aromatic rings. The number of nitrogens with zero attached hydrogens (tertiary/aromatic N) is 1. The molecule has 0 bridgehead atoms. The third-order valence-electron chi connectivity index (χ3n) is 5.65. The van der Waals surface area contributed by atoms with Gasteiger partial charge in [-0.1, -0.05) is 48.0 Å². The van der Waals surface area contributed by atoms with Crippen LogP contribution in [0.5, 0.6) is 0 Å². The highest BCUT2D eigenvalue weighted by Crippen LogP contribution is 2.35. The molecule has 1 saturated heterocycles. The van der Waals surface area contributed by atoms with Gasteiger partial charge in [-0.3, -0.25) is 14.5 Å². The third kappa shape index (κ3) is 5.87. The van der Waals surface area contributed by atoms with Crippen molar-refractivity contribution in [2.45, 2.75) is 25.6 Å². The number of anilines is 1. The summed E-state index contributed by atoms with van der Waals surface area (Å²) in [6, 6.07) is 17.5. The zero-order chi connectivity index (χ0) is 24.8. The summed E-state index contributed by atoms with van der Waals surface area (Å²) in [6.07, 6.45) is -1.41. The maximum absolute atomic E-state index is 13.2. The van der Waals surface area contributed by atoms with E-state index in [1.807, 2.05) is 42.6 Å². The summed E-state index contributed by atoms with van der Waals surface area (Å²) in [5, 5.41) is 7.52. The van der Waals surface area contributed by atoms with E-state index in [2.05, 4.69) is 10.6 Å². The number of thiophene rings is 1. The van der Waals surface area contributed by atoms with E-state index in [0.29, 0.717) is 29.3 Å². The highest BCUT2D eigenvalue weighted by Gasteiger charge is 2.47. The Hall–Kier alpha value is -3.69. The van der Waals surface area contributed by atoms with Gasteiger partial charge in [-0.05, 0) is 41.6 Å². The average Bonchev–Trinajstić information content (AvgIpc) is 3.50. The molecule has 0 saturated carbocycles. The second kappa shape index (κ2) is 11.2. The Morgan fingerprint density at radius 1 is 1.11 bits per heavy atom. The minimum Gasteiger partial charge on any atom is -0.438 e. The number of benzene rings is 2. The van der Waals surface area contributed by atoms with E-state index in [-0.39, 0.29) is 18.4 Å². The van der Waals surface area contributed by atoms with Gasteiger partial charge in [0.05, 0.1) is 18.0 Å². The molecule has 0 unspecified atom stereocenters. The summed E-state index contributed by atoms with van der Waals surface area (Å²) >= 11 is 1.34. The Bertz CT molecular complexity index is 1180. The van der Waals surface area contributed by atoms with Crippen LogP contribution in [0.4, 0.5) is 10.5 Å². The van der Waals surface area contributed by atoms with Crippen LogP contribution in [-0.2, 0) is 20.8 Å². The molecule has 4 rings (SSSR count). The fourth-order valence-electron chi connectivity index (χ4n) is 3.87. The number of cyclic esters (lactones) is 1. The predicted molar refractivity (Wildman–Crippen MR) is 133 cm³/mol. The topological polar surface area (TPSA) is 97.0 Å². The Kier molecular flexibility index (Phi) is 7.79. The molecule has 182 valence electrons. The SMILES string of the molecule is COCCNC(=O)[C@@H]1[C@H](c2cccc(NC(=O)c3cccs3)c2)OC(=O)N1Cc1ccc(C)cc1. The highest BCUT2D eigenvalue weighted by molar-refractivity contribution is 7.12. The van der Waals surface area contributed by atoms with Gasteiger partial charge < -0.3 is 20.1 Å². The summed E-state index contributed by atoms with van der Waals surface area (Å²) in [5.41, 5.74) is 3.15. The first-order valence-corrected chi connectivity index (χ1v) is 12.1. The molecule has 0 radical (unpaired) electrons. The van der Waals surface area contributed by atoms with Crippen molar-refractivity contribution in [1.82, 2.24) is 10.2 Å². The maximum atomic E-state index is 13.2. The number of nitrogens with one attached hydrogen (secondary N) is 2. The van der Waals surface area contributed by atoms with E-state index in [1.165, 1.54) is 16.2 Å². The molecule has 9 heteroatoms. The number of methoxy groups -OCH3 is 1. The molecular formula is C26H27N3O5S. The third-order valence-corrected chi connectivity index (χ3v) is 6.52. The molecule has 1 fully saturated rings. The molecule has 2 aromatic carbocycles. The van der Waals surface area contributed by atoms with Crippen LogP contribution in [0, 0.1) is 6.92 Å². The lowest BCUT2D eigenvalue weighted by atomic mass is 10.00. The van der Waals surface area contributed by atoms with Gasteiger partial charge in [-0.15, -0.1) is 11.3 Å².